The number of cyclic esters (lactones) is 1. The maximum atomic E-state index is 14.1. The van der Waals surface area contributed by atoms with Crippen LogP contribution in [0.3, 0.4) is 0 Å². The number of aliphatic hydroxyl groups excluding tert-OH is 1. The molecule has 20 nitrogen and oxygen atoms in total. The molecule has 13 rings (SSSR count). The molecule has 4 aromatic carbocycles. The second-order valence-corrected chi connectivity index (χ2v) is 39.0. The number of ether oxygens (including phenoxy) is 8. The molecule has 5 unspecified atom stereocenters. The molecule has 0 radical (unpaired) electrons. The van der Waals surface area contributed by atoms with Crippen LogP contribution in [0.25, 0.3) is 0 Å². The van der Waals surface area contributed by atoms with Crippen molar-refractivity contribution >= 4 is 68.4 Å². The topological polar surface area (TPSA) is 288 Å². The molecule has 26 heteroatoms. The molecule has 7 aliphatic carbocycles. The molecular formula is C91H122F4O20S2. The van der Waals surface area contributed by atoms with Crippen LogP contribution >= 0.6 is 0 Å². The van der Waals surface area contributed by atoms with Gasteiger partial charge in [-0.1, -0.05) is 109 Å². The van der Waals surface area contributed by atoms with E-state index in [9.17, 15) is 68.9 Å². The van der Waals surface area contributed by atoms with Crippen molar-refractivity contribution in [2.24, 2.45) is 44.8 Å². The van der Waals surface area contributed by atoms with Gasteiger partial charge in [-0.15, -0.1) is 0 Å². The predicted molar refractivity (Wildman–Crippen MR) is 434 cm³/mol. The maximum Gasteiger partial charge on any atom is 0.426 e. The molecule has 4 bridgehead atoms. The third-order valence-corrected chi connectivity index (χ3v) is 27.3. The van der Waals surface area contributed by atoms with E-state index in [1.165, 1.54) is 59.6 Å². The number of allylic oxidation sites excluding steroid dienone is 2. The van der Waals surface area contributed by atoms with Gasteiger partial charge < -0.3 is 47.6 Å². The SMILES string of the molecule is CCC(C)(C)C(=O)OC(C)(C)C1CCCC1.CCC(C)(C)C(=O)OC12CC3CC(C1)CC(C(=O)OC(CS(=O)(=O)[O-])C(F)(F)F)(C3)C2.CCC(C)(C)C(=O)OC1=CC(=O)C(O)=CC1=O.CCC(C)(C)C(=O)OC1CCOC1=O.CCC(C)c1ccc(OC2(C)CCCCC2)c(F)c1.c1ccc([S+]2c3ccccc3Oc3ccccc32)cc1. The Morgan fingerprint density at radius 2 is 1.17 bits per heavy atom. The quantitative estimate of drug-likeness (QED) is 0.0168. The summed E-state index contributed by atoms with van der Waals surface area (Å²) < 4.78 is 130. The van der Waals surface area contributed by atoms with Crippen molar-refractivity contribution in [3.05, 3.63) is 132 Å². The van der Waals surface area contributed by atoms with Gasteiger partial charge in [-0.2, -0.15) is 13.2 Å². The number of hydrogen-bond donors (Lipinski definition) is 1. The number of alkyl halides is 3. The molecule has 4 aromatic rings. The van der Waals surface area contributed by atoms with Crippen LogP contribution in [0.1, 0.15) is 264 Å². The molecule has 6 saturated carbocycles. The Balaban J connectivity index is 0.000000198. The first-order valence-corrected chi connectivity index (χ1v) is 43.9. The lowest BCUT2D eigenvalue weighted by Gasteiger charge is -2.60. The van der Waals surface area contributed by atoms with E-state index in [2.05, 4.69) is 94.0 Å². The zero-order valence-corrected chi connectivity index (χ0v) is 72.8. The van der Waals surface area contributed by atoms with Gasteiger partial charge in [-0.05, 0) is 257 Å². The van der Waals surface area contributed by atoms with Crippen LogP contribution < -0.4 is 9.47 Å². The fourth-order valence-corrected chi connectivity index (χ4v) is 18.0. The molecule has 2 heterocycles. The highest BCUT2D eigenvalue weighted by atomic mass is 32.2. The van der Waals surface area contributed by atoms with Crippen LogP contribution in [0.15, 0.2) is 135 Å². The number of aliphatic hydroxyl groups is 1. The number of benzene rings is 4. The molecule has 5 atom stereocenters. The van der Waals surface area contributed by atoms with Crippen LogP contribution in [-0.2, 0) is 87.8 Å². The summed E-state index contributed by atoms with van der Waals surface area (Å²) in [6.45, 7) is 32.8. The third-order valence-electron chi connectivity index (χ3n) is 24.3. The van der Waals surface area contributed by atoms with E-state index in [-0.39, 0.29) is 69.3 Å². The maximum absolute atomic E-state index is 14.1. The van der Waals surface area contributed by atoms with Crippen molar-refractivity contribution in [3.63, 3.8) is 0 Å². The monoisotopic (exact) mass is 1670 g/mol. The summed E-state index contributed by atoms with van der Waals surface area (Å²) >= 11 is 0. The zero-order valence-electron chi connectivity index (χ0n) is 71.2. The Hall–Kier alpha value is -8.10. The van der Waals surface area contributed by atoms with E-state index < -0.39 is 103 Å². The molecule has 0 aromatic heterocycles. The highest BCUT2D eigenvalue weighted by molar-refractivity contribution is 7.97. The second-order valence-electron chi connectivity index (χ2n) is 35.6. The van der Waals surface area contributed by atoms with E-state index >= 15 is 0 Å². The second kappa shape index (κ2) is 39.9. The van der Waals surface area contributed by atoms with Crippen LogP contribution in [0, 0.1) is 50.6 Å². The Labute approximate surface area is 691 Å². The summed E-state index contributed by atoms with van der Waals surface area (Å²) in [6, 6.07) is 32.7. The molecule has 117 heavy (non-hydrogen) atoms. The van der Waals surface area contributed by atoms with E-state index in [0.29, 0.717) is 75.6 Å². The van der Waals surface area contributed by atoms with Crippen LogP contribution in [-0.4, -0.2) is 113 Å². The van der Waals surface area contributed by atoms with Crippen molar-refractivity contribution in [2.45, 2.75) is 308 Å². The highest BCUT2D eigenvalue weighted by Gasteiger charge is 2.64. The van der Waals surface area contributed by atoms with Gasteiger partial charge in [0, 0.05) is 25.0 Å². The minimum absolute atomic E-state index is 0.00100. The summed E-state index contributed by atoms with van der Waals surface area (Å²) in [4.78, 5) is 98.4. The van der Waals surface area contributed by atoms with E-state index in [4.69, 9.17) is 38.3 Å². The number of carbonyl (C=O) groups excluding carboxylic acids is 8. The van der Waals surface area contributed by atoms with Gasteiger partial charge in [-0.25, -0.2) is 17.6 Å². The Morgan fingerprint density at radius 1 is 0.650 bits per heavy atom. The lowest BCUT2D eigenvalue weighted by atomic mass is 9.48. The van der Waals surface area contributed by atoms with Crippen LogP contribution in [0.4, 0.5) is 17.6 Å². The van der Waals surface area contributed by atoms with Crippen molar-refractivity contribution in [1.29, 1.82) is 0 Å². The summed E-state index contributed by atoms with van der Waals surface area (Å²) in [5, 5.41) is 9.01. The average Bonchev–Trinajstić information content (AvgIpc) is 0.923. The number of para-hydroxylation sites is 2. The fourth-order valence-electron chi connectivity index (χ4n) is 15.1. The van der Waals surface area contributed by atoms with E-state index in [1.54, 1.807) is 53.7 Å². The number of rotatable bonds is 22. The zero-order chi connectivity index (χ0) is 87.1. The molecule has 0 spiro atoms. The Kier molecular flexibility index (Phi) is 32.7. The number of ketones is 2. The normalized spacial score (nSPS) is 22.0. The van der Waals surface area contributed by atoms with Gasteiger partial charge in [0.05, 0.1) is 49.6 Å². The van der Waals surface area contributed by atoms with Gasteiger partial charge >= 0.3 is 42.0 Å². The minimum Gasteiger partial charge on any atom is -0.748 e. The van der Waals surface area contributed by atoms with Gasteiger partial charge in [-0.3, -0.25) is 33.6 Å². The van der Waals surface area contributed by atoms with E-state index in [0.717, 1.165) is 61.3 Å². The highest BCUT2D eigenvalue weighted by Crippen LogP contribution is 2.64. The first kappa shape index (κ1) is 96.0. The van der Waals surface area contributed by atoms with E-state index in [1.807, 2.05) is 71.9 Å². The molecule has 7 fully saturated rings. The third kappa shape index (κ3) is 26.0. The van der Waals surface area contributed by atoms with Crippen LogP contribution in [0.5, 0.6) is 17.2 Å². The summed E-state index contributed by atoms with van der Waals surface area (Å²) in [5.74, 6) is -4.19. The smallest absolute Gasteiger partial charge is 0.426 e. The molecule has 1 N–H and O–H groups in total. The van der Waals surface area contributed by atoms with Crippen molar-refractivity contribution < 1.29 is 112 Å². The van der Waals surface area contributed by atoms with Gasteiger partial charge in [0.1, 0.15) is 27.7 Å². The molecular weight excluding hydrogens is 1550 g/mol. The molecule has 9 aliphatic rings. The molecule has 0 amide bonds. The predicted octanol–water partition coefficient (Wildman–Crippen LogP) is 20.3. The Bertz CT molecular complexity index is 4260. The number of hydrogen-bond acceptors (Lipinski definition) is 20. The standard InChI is InChI=1S/C20H29F3O7S.C18H13OS.C17H25FO.C14H26O2.C12H14O5.C10H16O4/c1-4-17(2,3)15(24)30-19-8-12-5-13(9-19)7-18(6-12,11-19)16(25)29-14(20(21,22)23)10-31(26,27)28;1-2-8-14(9-3-1)20-17-12-6-4-10-15(17)19-16-11-5-7-13-18(16)20;1-4-13(2)14-8-9-16(15(18)12-14)19-17(3)10-6-5-7-11-17;1-6-13(2,3)12(15)16-14(4,5)11-9-7-8-10-11;1-4-12(2,3)11(16)17-10-6-8(14)7(13)5-9(10)15;1-4-10(2,3)9(12)14-7-5-6-13-8(7)11/h12-14H,4-11H2,1-3H3,(H,26,27,28);1-13H;8-9,12-13H,4-7,10-11H2,1-3H3;11H,6-10H2,1-5H3;5-6,13H,4H2,1-3H3;7H,4-6H2,1-3H3/q;+1;;;;/p-1. The average molecular weight is 1680 g/mol. The van der Waals surface area contributed by atoms with Gasteiger partial charge in [0.15, 0.2) is 39.5 Å². The molecule has 646 valence electrons. The molecule has 2 aliphatic heterocycles. The number of fused-ring (bicyclic) bond motifs is 2. The van der Waals surface area contributed by atoms with Crippen molar-refractivity contribution in [1.82, 2.24) is 0 Å². The Morgan fingerprint density at radius 3 is 1.68 bits per heavy atom. The summed E-state index contributed by atoms with van der Waals surface area (Å²) in [5.41, 5.74) is -3.98. The lowest BCUT2D eigenvalue weighted by Crippen LogP contribution is -2.61. The largest absolute Gasteiger partial charge is 0.748 e. The summed E-state index contributed by atoms with van der Waals surface area (Å²) in [6.07, 6.45) is 9.95. The van der Waals surface area contributed by atoms with Gasteiger partial charge in [0.25, 0.3) is 0 Å². The summed E-state index contributed by atoms with van der Waals surface area (Å²) in [7, 11) is -5.35. The number of esters is 6. The first-order chi connectivity index (χ1) is 54.5. The van der Waals surface area contributed by atoms with Crippen LogP contribution in [0.2, 0.25) is 0 Å². The first-order valence-electron chi connectivity index (χ1n) is 41.1. The number of carbonyl (C=O) groups is 8. The lowest BCUT2D eigenvalue weighted by molar-refractivity contribution is -0.239. The minimum atomic E-state index is -5.27. The van der Waals surface area contributed by atoms with Crippen molar-refractivity contribution in [2.75, 3.05) is 12.4 Å². The molecule has 1 saturated heterocycles. The number of halogens is 4. The fraction of sp³-hybridized carbons (Fsp3) is 0.604. The van der Waals surface area contributed by atoms with Gasteiger partial charge in [0.2, 0.25) is 33.6 Å². The van der Waals surface area contributed by atoms with Crippen molar-refractivity contribution in [3.8, 4) is 17.2 Å².